The molecule has 126 valence electrons. The van der Waals surface area contributed by atoms with E-state index in [-0.39, 0.29) is 0 Å². The van der Waals surface area contributed by atoms with Crippen LogP contribution in [0.4, 0.5) is 5.82 Å². The number of nitrogens with one attached hydrogen (secondary N) is 1. The molecule has 0 saturated heterocycles. The summed E-state index contributed by atoms with van der Waals surface area (Å²) in [5, 5.41) is 4.19. The number of hydrogen-bond acceptors (Lipinski definition) is 7. The van der Waals surface area contributed by atoms with Gasteiger partial charge in [0, 0.05) is 6.54 Å². The molecule has 2 rings (SSSR count). The van der Waals surface area contributed by atoms with Gasteiger partial charge in [-0.2, -0.15) is 0 Å². The fraction of sp³-hybridized carbons (Fsp3) is 0.500. The molecule has 1 heterocycles. The zero-order valence-electron chi connectivity index (χ0n) is 14.3. The van der Waals surface area contributed by atoms with Crippen molar-refractivity contribution in [1.82, 2.24) is 14.9 Å². The van der Waals surface area contributed by atoms with Crippen LogP contribution in [0.3, 0.4) is 0 Å². The average Bonchev–Trinajstić information content (AvgIpc) is 2.56. The Bertz CT molecular complexity index is 661. The standard InChI is InChI=1S/C16H24N4O3/c1-20(2)8-6-7-17-16-11-9-12(21-3)14(22-4)15(23-5)13(11)18-10-19-16/h9-10H,6-8H2,1-5H3,(H,17,18,19). The lowest BCUT2D eigenvalue weighted by atomic mass is 10.2. The zero-order valence-corrected chi connectivity index (χ0v) is 14.3. The molecule has 0 fully saturated rings. The van der Waals surface area contributed by atoms with Gasteiger partial charge in [0.15, 0.2) is 11.5 Å². The van der Waals surface area contributed by atoms with Gasteiger partial charge < -0.3 is 24.4 Å². The van der Waals surface area contributed by atoms with Crippen molar-refractivity contribution in [2.24, 2.45) is 0 Å². The van der Waals surface area contributed by atoms with Crippen LogP contribution in [0.25, 0.3) is 10.9 Å². The molecule has 0 spiro atoms. The second-order valence-electron chi connectivity index (χ2n) is 5.35. The molecule has 2 aromatic rings. The molecule has 0 unspecified atom stereocenters. The van der Waals surface area contributed by atoms with E-state index in [2.05, 4.69) is 34.3 Å². The Kier molecular flexibility index (Phi) is 5.81. The first kappa shape index (κ1) is 17.1. The van der Waals surface area contributed by atoms with E-state index in [0.717, 1.165) is 30.7 Å². The van der Waals surface area contributed by atoms with Gasteiger partial charge in [-0.1, -0.05) is 0 Å². The van der Waals surface area contributed by atoms with Crippen LogP contribution in [0.15, 0.2) is 12.4 Å². The van der Waals surface area contributed by atoms with Crippen LogP contribution >= 0.6 is 0 Å². The number of aromatic nitrogens is 2. The molecule has 0 aliphatic heterocycles. The zero-order chi connectivity index (χ0) is 16.8. The summed E-state index contributed by atoms with van der Waals surface area (Å²) in [6.45, 7) is 1.83. The maximum absolute atomic E-state index is 5.47. The number of nitrogens with zero attached hydrogens (tertiary/aromatic N) is 3. The molecule has 0 bridgehead atoms. The minimum Gasteiger partial charge on any atom is -0.493 e. The molecular formula is C16H24N4O3. The lowest BCUT2D eigenvalue weighted by molar-refractivity contribution is 0.327. The summed E-state index contributed by atoms with van der Waals surface area (Å²) in [6, 6.07) is 1.87. The summed E-state index contributed by atoms with van der Waals surface area (Å²) < 4.78 is 16.3. The second-order valence-corrected chi connectivity index (χ2v) is 5.35. The van der Waals surface area contributed by atoms with Gasteiger partial charge in [-0.3, -0.25) is 0 Å². The number of fused-ring (bicyclic) bond motifs is 1. The molecule has 0 amide bonds. The van der Waals surface area contributed by atoms with Crippen LogP contribution in [0.5, 0.6) is 17.2 Å². The fourth-order valence-electron chi connectivity index (χ4n) is 2.41. The van der Waals surface area contributed by atoms with Gasteiger partial charge in [0.05, 0.1) is 26.7 Å². The smallest absolute Gasteiger partial charge is 0.205 e. The lowest BCUT2D eigenvalue weighted by Crippen LogP contribution is -2.16. The molecule has 0 aliphatic rings. The summed E-state index contributed by atoms with van der Waals surface area (Å²) in [4.78, 5) is 10.8. The van der Waals surface area contributed by atoms with E-state index in [9.17, 15) is 0 Å². The highest BCUT2D eigenvalue weighted by molar-refractivity contribution is 5.96. The van der Waals surface area contributed by atoms with Gasteiger partial charge in [-0.15, -0.1) is 0 Å². The third kappa shape index (κ3) is 3.73. The molecule has 0 aliphatic carbocycles. The van der Waals surface area contributed by atoms with E-state index >= 15 is 0 Å². The van der Waals surface area contributed by atoms with Gasteiger partial charge in [0.1, 0.15) is 17.7 Å². The van der Waals surface area contributed by atoms with Crippen molar-refractivity contribution in [3.63, 3.8) is 0 Å². The Hall–Kier alpha value is -2.28. The number of benzene rings is 1. The van der Waals surface area contributed by atoms with Crippen molar-refractivity contribution in [1.29, 1.82) is 0 Å². The Morgan fingerprint density at radius 1 is 1.04 bits per heavy atom. The first-order valence-electron chi connectivity index (χ1n) is 7.44. The normalized spacial score (nSPS) is 10.9. The molecule has 0 radical (unpaired) electrons. The largest absolute Gasteiger partial charge is 0.493 e. The molecule has 0 saturated carbocycles. The number of hydrogen-bond donors (Lipinski definition) is 1. The summed E-state index contributed by atoms with van der Waals surface area (Å²) in [6.07, 6.45) is 2.54. The van der Waals surface area contributed by atoms with E-state index in [1.54, 1.807) is 21.3 Å². The van der Waals surface area contributed by atoms with Crippen molar-refractivity contribution in [2.75, 3.05) is 53.8 Å². The van der Waals surface area contributed by atoms with Crippen molar-refractivity contribution in [2.45, 2.75) is 6.42 Å². The predicted octanol–water partition coefficient (Wildman–Crippen LogP) is 2.02. The maximum Gasteiger partial charge on any atom is 0.205 e. The van der Waals surface area contributed by atoms with E-state index < -0.39 is 0 Å². The molecular weight excluding hydrogens is 296 g/mol. The van der Waals surface area contributed by atoms with Crippen molar-refractivity contribution >= 4 is 16.7 Å². The Morgan fingerprint density at radius 2 is 1.78 bits per heavy atom. The van der Waals surface area contributed by atoms with E-state index in [1.807, 2.05) is 6.07 Å². The van der Waals surface area contributed by atoms with Gasteiger partial charge in [-0.05, 0) is 33.1 Å². The first-order chi connectivity index (χ1) is 11.1. The van der Waals surface area contributed by atoms with Crippen LogP contribution in [0, 0.1) is 0 Å². The minimum atomic E-state index is 0.528. The third-order valence-electron chi connectivity index (χ3n) is 3.51. The summed E-state index contributed by atoms with van der Waals surface area (Å²) >= 11 is 0. The molecule has 1 N–H and O–H groups in total. The number of methoxy groups -OCH3 is 3. The van der Waals surface area contributed by atoms with Gasteiger partial charge >= 0.3 is 0 Å². The fourth-order valence-corrected chi connectivity index (χ4v) is 2.41. The average molecular weight is 320 g/mol. The van der Waals surface area contributed by atoms with Crippen LogP contribution in [0.2, 0.25) is 0 Å². The van der Waals surface area contributed by atoms with Gasteiger partial charge in [0.25, 0.3) is 0 Å². The number of ether oxygens (including phenoxy) is 3. The Morgan fingerprint density at radius 3 is 2.39 bits per heavy atom. The lowest BCUT2D eigenvalue weighted by Gasteiger charge is -2.16. The summed E-state index contributed by atoms with van der Waals surface area (Å²) in [5.41, 5.74) is 0.690. The summed E-state index contributed by atoms with van der Waals surface area (Å²) in [7, 11) is 8.87. The van der Waals surface area contributed by atoms with E-state index in [0.29, 0.717) is 22.8 Å². The van der Waals surface area contributed by atoms with Crippen LogP contribution in [0.1, 0.15) is 6.42 Å². The van der Waals surface area contributed by atoms with Crippen molar-refractivity contribution < 1.29 is 14.2 Å². The summed E-state index contributed by atoms with van der Waals surface area (Å²) in [5.74, 6) is 2.41. The molecule has 1 aromatic heterocycles. The SMILES string of the molecule is COc1cc2c(NCCCN(C)C)ncnc2c(OC)c1OC. The van der Waals surface area contributed by atoms with Crippen molar-refractivity contribution in [3.05, 3.63) is 12.4 Å². The topological polar surface area (TPSA) is 68.7 Å². The van der Waals surface area contributed by atoms with E-state index in [4.69, 9.17) is 14.2 Å². The number of rotatable bonds is 8. The predicted molar refractivity (Wildman–Crippen MR) is 90.9 cm³/mol. The van der Waals surface area contributed by atoms with Crippen LogP contribution in [-0.4, -0.2) is 63.4 Å². The molecule has 1 aromatic carbocycles. The first-order valence-corrected chi connectivity index (χ1v) is 7.44. The molecule has 7 heteroatoms. The van der Waals surface area contributed by atoms with Crippen molar-refractivity contribution in [3.8, 4) is 17.2 Å². The third-order valence-corrected chi connectivity index (χ3v) is 3.51. The quantitative estimate of drug-likeness (QED) is 0.746. The Labute approximate surface area is 136 Å². The van der Waals surface area contributed by atoms with Gasteiger partial charge in [-0.25, -0.2) is 9.97 Å². The molecule has 23 heavy (non-hydrogen) atoms. The van der Waals surface area contributed by atoms with Crippen LogP contribution in [-0.2, 0) is 0 Å². The van der Waals surface area contributed by atoms with Gasteiger partial charge in [0.2, 0.25) is 5.75 Å². The second kappa shape index (κ2) is 7.82. The minimum absolute atomic E-state index is 0.528. The highest BCUT2D eigenvalue weighted by atomic mass is 16.5. The number of anilines is 1. The monoisotopic (exact) mass is 320 g/mol. The molecule has 0 atom stereocenters. The Balaban J connectivity index is 2.39. The maximum atomic E-state index is 5.47. The highest BCUT2D eigenvalue weighted by Gasteiger charge is 2.19. The highest BCUT2D eigenvalue weighted by Crippen LogP contribution is 2.43. The molecule has 7 nitrogen and oxygen atoms in total. The van der Waals surface area contributed by atoms with E-state index in [1.165, 1.54) is 6.33 Å². The van der Waals surface area contributed by atoms with Crippen LogP contribution < -0.4 is 19.5 Å².